The van der Waals surface area contributed by atoms with Crippen LogP contribution in [0, 0.1) is 0 Å². The van der Waals surface area contributed by atoms with Crippen LogP contribution in [0.3, 0.4) is 0 Å². The number of amides is 1. The van der Waals surface area contributed by atoms with E-state index in [9.17, 15) is 9.59 Å². The van der Waals surface area contributed by atoms with Crippen LogP contribution in [0.5, 0.6) is 0 Å². The number of hydrogen-bond acceptors (Lipinski definition) is 6. The molecule has 2 atom stereocenters. The standard InChI is InChI=1S/C30H37ClN6O2/c1-6-26(38)34-15-16-36(21(5)18-34)27-23-17-24(31)29(35-14-10-9-11-20(35)4)32-28(23)37(30(39)33-27)25-13-8-7-12-22(25)19(2)3/h6-8,12-13,17,19-21H,1,9-11,14-16,18H2,2-5H3/t20-,21+/m1/s1. The van der Waals surface area contributed by atoms with Gasteiger partial charge in [-0.3, -0.25) is 4.79 Å². The van der Waals surface area contributed by atoms with Gasteiger partial charge in [-0.1, -0.05) is 50.2 Å². The Bertz CT molecular complexity index is 1470. The van der Waals surface area contributed by atoms with Crippen LogP contribution in [-0.4, -0.2) is 63.6 Å². The van der Waals surface area contributed by atoms with Crippen molar-refractivity contribution in [3.63, 3.8) is 0 Å². The number of nitrogens with zero attached hydrogens (tertiary/aromatic N) is 6. The normalized spacial score (nSPS) is 20.1. The van der Waals surface area contributed by atoms with Crippen LogP contribution >= 0.6 is 11.6 Å². The molecule has 0 bridgehead atoms. The first-order valence-electron chi connectivity index (χ1n) is 13.9. The van der Waals surface area contributed by atoms with E-state index in [-0.39, 0.29) is 23.6 Å². The summed E-state index contributed by atoms with van der Waals surface area (Å²) in [6.45, 7) is 14.5. The number of fused-ring (bicyclic) bond motifs is 1. The maximum absolute atomic E-state index is 13.9. The van der Waals surface area contributed by atoms with Gasteiger partial charge in [0, 0.05) is 38.3 Å². The number of carbonyl (C=O) groups excluding carboxylic acids is 1. The van der Waals surface area contributed by atoms with Gasteiger partial charge < -0.3 is 14.7 Å². The number of piperazine rings is 1. The molecule has 2 fully saturated rings. The van der Waals surface area contributed by atoms with Crippen molar-refractivity contribution in [2.24, 2.45) is 0 Å². The molecule has 39 heavy (non-hydrogen) atoms. The molecule has 0 N–H and O–H groups in total. The first-order chi connectivity index (χ1) is 18.7. The van der Waals surface area contributed by atoms with Crippen molar-refractivity contribution in [2.45, 2.75) is 65.0 Å². The zero-order valence-corrected chi connectivity index (χ0v) is 24.0. The van der Waals surface area contributed by atoms with Crippen LogP contribution in [0.2, 0.25) is 5.02 Å². The quantitative estimate of drug-likeness (QED) is 0.410. The molecule has 8 nitrogen and oxygen atoms in total. The number of halogens is 1. The van der Waals surface area contributed by atoms with Crippen molar-refractivity contribution < 1.29 is 4.79 Å². The molecule has 0 spiro atoms. The van der Waals surface area contributed by atoms with Crippen LogP contribution in [0.15, 0.2) is 47.8 Å². The molecule has 5 rings (SSSR count). The zero-order chi connectivity index (χ0) is 27.8. The van der Waals surface area contributed by atoms with E-state index in [1.54, 1.807) is 9.47 Å². The molecule has 1 aromatic carbocycles. The van der Waals surface area contributed by atoms with Crippen LogP contribution < -0.4 is 15.5 Å². The van der Waals surface area contributed by atoms with E-state index in [2.05, 4.69) is 42.1 Å². The molecule has 2 aromatic heterocycles. The lowest BCUT2D eigenvalue weighted by Crippen LogP contribution is -2.54. The number of rotatable bonds is 5. The lowest BCUT2D eigenvalue weighted by Gasteiger charge is -2.40. The molecule has 4 heterocycles. The Balaban J connectivity index is 1.73. The average Bonchev–Trinajstić information content (AvgIpc) is 2.92. The third-order valence-electron chi connectivity index (χ3n) is 8.04. The summed E-state index contributed by atoms with van der Waals surface area (Å²) in [6.07, 6.45) is 4.68. The Hall–Kier alpha value is -3.39. The first kappa shape index (κ1) is 27.2. The number of hydrogen-bond donors (Lipinski definition) is 0. The van der Waals surface area contributed by atoms with Gasteiger partial charge in [0.15, 0.2) is 5.65 Å². The summed E-state index contributed by atoms with van der Waals surface area (Å²) in [7, 11) is 0. The van der Waals surface area contributed by atoms with Crippen molar-refractivity contribution in [3.8, 4) is 5.69 Å². The summed E-state index contributed by atoms with van der Waals surface area (Å²) < 4.78 is 1.64. The summed E-state index contributed by atoms with van der Waals surface area (Å²) >= 11 is 6.95. The van der Waals surface area contributed by atoms with Gasteiger partial charge in [0.05, 0.1) is 16.1 Å². The largest absolute Gasteiger partial charge is 0.355 e. The molecule has 2 aliphatic rings. The fraction of sp³-hybridized carbons (Fsp3) is 0.467. The van der Waals surface area contributed by atoms with Crippen molar-refractivity contribution in [2.75, 3.05) is 36.0 Å². The van der Waals surface area contributed by atoms with Crippen LogP contribution in [0.1, 0.15) is 58.4 Å². The lowest BCUT2D eigenvalue weighted by atomic mass is 10.0. The molecule has 2 saturated heterocycles. The maximum Gasteiger partial charge on any atom is 0.355 e. The second kappa shape index (κ2) is 11.0. The van der Waals surface area contributed by atoms with Crippen molar-refractivity contribution in [1.29, 1.82) is 0 Å². The van der Waals surface area contributed by atoms with Gasteiger partial charge in [-0.2, -0.15) is 4.98 Å². The smallest absolute Gasteiger partial charge is 0.353 e. The summed E-state index contributed by atoms with van der Waals surface area (Å²) in [5, 5.41) is 1.27. The molecule has 0 radical (unpaired) electrons. The fourth-order valence-electron chi connectivity index (χ4n) is 5.93. The molecule has 3 aromatic rings. The predicted octanol–water partition coefficient (Wildman–Crippen LogP) is 5.16. The molecule has 0 aliphatic carbocycles. The number of pyridine rings is 1. The highest BCUT2D eigenvalue weighted by Gasteiger charge is 2.31. The van der Waals surface area contributed by atoms with Gasteiger partial charge in [0.1, 0.15) is 11.6 Å². The fourth-order valence-corrected chi connectivity index (χ4v) is 6.19. The summed E-state index contributed by atoms with van der Waals surface area (Å²) in [6, 6.07) is 10.1. The molecule has 2 aliphatic heterocycles. The molecular formula is C30H37ClN6O2. The second-order valence-corrected chi connectivity index (χ2v) is 11.4. The minimum absolute atomic E-state index is 0.0582. The average molecular weight is 549 g/mol. The van der Waals surface area contributed by atoms with Crippen molar-refractivity contribution in [3.05, 3.63) is 64.1 Å². The highest BCUT2D eigenvalue weighted by molar-refractivity contribution is 6.33. The second-order valence-electron chi connectivity index (χ2n) is 11.0. The molecule has 206 valence electrons. The van der Waals surface area contributed by atoms with Gasteiger partial charge in [0.2, 0.25) is 5.91 Å². The van der Waals surface area contributed by atoms with E-state index in [0.717, 1.165) is 36.0 Å². The minimum atomic E-state index is -0.380. The number of benzene rings is 1. The monoisotopic (exact) mass is 548 g/mol. The van der Waals surface area contributed by atoms with Crippen LogP contribution in [0.25, 0.3) is 16.7 Å². The molecule has 9 heteroatoms. The van der Waals surface area contributed by atoms with E-state index < -0.39 is 0 Å². The van der Waals surface area contributed by atoms with E-state index in [1.807, 2.05) is 37.3 Å². The van der Waals surface area contributed by atoms with Crippen LogP contribution in [0.4, 0.5) is 11.6 Å². The van der Waals surface area contributed by atoms with E-state index >= 15 is 0 Å². The molecular weight excluding hydrogens is 512 g/mol. The summed E-state index contributed by atoms with van der Waals surface area (Å²) in [4.78, 5) is 42.1. The van der Waals surface area contributed by atoms with Crippen molar-refractivity contribution in [1.82, 2.24) is 19.4 Å². The summed E-state index contributed by atoms with van der Waals surface area (Å²) in [5.74, 6) is 1.37. The SMILES string of the molecule is C=CC(=O)N1CCN(c2nc(=O)n(-c3ccccc3C(C)C)c3nc(N4CCCC[C@H]4C)c(Cl)cc23)[C@@H](C)C1. The van der Waals surface area contributed by atoms with E-state index in [4.69, 9.17) is 16.6 Å². The maximum atomic E-state index is 13.9. The highest BCUT2D eigenvalue weighted by Crippen LogP contribution is 2.36. The Kier molecular flexibility index (Phi) is 7.67. The van der Waals surface area contributed by atoms with Gasteiger partial charge >= 0.3 is 5.69 Å². The summed E-state index contributed by atoms with van der Waals surface area (Å²) in [5.41, 5.74) is 2.00. The number of piperidine rings is 1. The molecule has 0 unspecified atom stereocenters. The predicted molar refractivity (Wildman–Crippen MR) is 158 cm³/mol. The topological polar surface area (TPSA) is 74.6 Å². The van der Waals surface area contributed by atoms with Crippen LogP contribution in [-0.2, 0) is 4.79 Å². The third kappa shape index (κ3) is 5.02. The van der Waals surface area contributed by atoms with Gasteiger partial charge in [-0.25, -0.2) is 14.3 Å². The van der Waals surface area contributed by atoms with E-state index in [1.165, 1.54) is 12.5 Å². The number of carbonyl (C=O) groups is 1. The highest BCUT2D eigenvalue weighted by atomic mass is 35.5. The van der Waals surface area contributed by atoms with Gasteiger partial charge in [-0.05, 0) is 62.8 Å². The molecule has 0 saturated carbocycles. The van der Waals surface area contributed by atoms with E-state index in [0.29, 0.717) is 48.0 Å². The first-order valence-corrected chi connectivity index (χ1v) is 14.3. The Morgan fingerprint density at radius 3 is 2.49 bits per heavy atom. The number of anilines is 2. The van der Waals surface area contributed by atoms with Gasteiger partial charge in [0.25, 0.3) is 0 Å². The Morgan fingerprint density at radius 1 is 1.05 bits per heavy atom. The molecule has 1 amide bonds. The Morgan fingerprint density at radius 2 is 1.79 bits per heavy atom. The number of para-hydroxylation sites is 1. The number of aromatic nitrogens is 3. The Labute approximate surface area is 234 Å². The van der Waals surface area contributed by atoms with Gasteiger partial charge in [-0.15, -0.1) is 0 Å². The minimum Gasteiger partial charge on any atom is -0.353 e. The lowest BCUT2D eigenvalue weighted by molar-refractivity contribution is -0.126. The third-order valence-corrected chi connectivity index (χ3v) is 8.32. The van der Waals surface area contributed by atoms with Crippen molar-refractivity contribution >= 4 is 40.2 Å². The zero-order valence-electron chi connectivity index (χ0n) is 23.2.